The van der Waals surface area contributed by atoms with E-state index in [1.54, 1.807) is 0 Å². The zero-order valence-corrected chi connectivity index (χ0v) is 10.9. The van der Waals surface area contributed by atoms with Gasteiger partial charge in [0.25, 0.3) is 0 Å². The lowest BCUT2D eigenvalue weighted by Gasteiger charge is -2.37. The predicted octanol–water partition coefficient (Wildman–Crippen LogP) is 1.29. The first-order chi connectivity index (χ1) is 9.19. The minimum absolute atomic E-state index is 0.164. The molecule has 0 radical (unpaired) electrons. The van der Waals surface area contributed by atoms with E-state index in [0.717, 1.165) is 18.6 Å². The second-order valence-electron chi connectivity index (χ2n) is 4.73. The van der Waals surface area contributed by atoms with Crippen molar-refractivity contribution in [1.29, 1.82) is 0 Å². The molecule has 1 aromatic rings. The molecule has 1 saturated carbocycles. The Bertz CT molecular complexity index is 403. The van der Waals surface area contributed by atoms with Gasteiger partial charge in [-0.25, -0.2) is 0 Å². The molecular formula is C14H19NO4. The van der Waals surface area contributed by atoms with Crippen molar-refractivity contribution in [3.63, 3.8) is 0 Å². The smallest absolute Gasteiger partial charge is 0.323 e. The number of nitrogens with one attached hydrogen (secondary N) is 1. The molecule has 104 valence electrons. The molecule has 0 aliphatic heterocycles. The van der Waals surface area contributed by atoms with E-state index in [2.05, 4.69) is 5.32 Å². The first-order valence-electron chi connectivity index (χ1n) is 6.38. The predicted molar refractivity (Wildman–Crippen MR) is 70.3 cm³/mol. The maximum absolute atomic E-state index is 11.0. The van der Waals surface area contributed by atoms with Crippen LogP contribution in [0.2, 0.25) is 0 Å². The minimum Gasteiger partial charge on any atom is -0.490 e. The van der Waals surface area contributed by atoms with Crippen molar-refractivity contribution in [2.45, 2.75) is 31.0 Å². The van der Waals surface area contributed by atoms with Gasteiger partial charge in [0.1, 0.15) is 17.9 Å². The summed E-state index contributed by atoms with van der Waals surface area (Å²) < 4.78 is 10.6. The third-order valence-corrected chi connectivity index (χ3v) is 3.21. The normalized spacial score (nSPS) is 23.4. The van der Waals surface area contributed by atoms with Gasteiger partial charge in [-0.3, -0.25) is 10.1 Å². The summed E-state index contributed by atoms with van der Waals surface area (Å²) in [4.78, 5) is 11.0. The van der Waals surface area contributed by atoms with Crippen LogP contribution in [0.4, 0.5) is 0 Å². The molecule has 1 aliphatic rings. The Morgan fingerprint density at radius 2 is 2.11 bits per heavy atom. The lowest BCUT2D eigenvalue weighted by molar-refractivity contribution is -0.141. The Kier molecular flexibility index (Phi) is 4.76. The summed E-state index contributed by atoms with van der Waals surface area (Å²) in [6.07, 6.45) is 1.81. The van der Waals surface area contributed by atoms with Gasteiger partial charge >= 0.3 is 5.97 Å². The lowest BCUT2D eigenvalue weighted by Crippen LogP contribution is -2.54. The largest absolute Gasteiger partial charge is 0.490 e. The summed E-state index contributed by atoms with van der Waals surface area (Å²) in [5.74, 6) is -0.0214. The van der Waals surface area contributed by atoms with E-state index in [9.17, 15) is 4.79 Å². The Labute approximate surface area is 112 Å². The second kappa shape index (κ2) is 6.54. The van der Waals surface area contributed by atoms with Crippen LogP contribution in [0.5, 0.6) is 5.75 Å². The number of carboxylic acid groups (broad SMARTS) is 1. The zero-order chi connectivity index (χ0) is 13.7. The number of para-hydroxylation sites is 1. The van der Waals surface area contributed by atoms with Gasteiger partial charge in [-0.15, -0.1) is 0 Å². The number of rotatable bonds is 7. The van der Waals surface area contributed by atoms with E-state index >= 15 is 0 Å². The Hall–Kier alpha value is -1.59. The highest BCUT2D eigenvalue weighted by Crippen LogP contribution is 2.26. The van der Waals surface area contributed by atoms with Crippen LogP contribution in [0.3, 0.4) is 0 Å². The van der Waals surface area contributed by atoms with Gasteiger partial charge in [0.2, 0.25) is 0 Å². The van der Waals surface area contributed by atoms with Gasteiger partial charge in [0.05, 0.1) is 6.61 Å². The molecule has 2 N–H and O–H groups in total. The van der Waals surface area contributed by atoms with Gasteiger partial charge < -0.3 is 14.6 Å². The number of hydrogen-bond acceptors (Lipinski definition) is 4. The first kappa shape index (κ1) is 13.8. The van der Waals surface area contributed by atoms with Gasteiger partial charge in [-0.05, 0) is 25.0 Å². The minimum atomic E-state index is -0.880. The Balaban J connectivity index is 1.72. The van der Waals surface area contributed by atoms with Crippen molar-refractivity contribution >= 4 is 5.97 Å². The van der Waals surface area contributed by atoms with Crippen LogP contribution < -0.4 is 10.1 Å². The summed E-state index contributed by atoms with van der Waals surface area (Å²) in [7, 11) is 1.50. The lowest BCUT2D eigenvalue weighted by atomic mass is 9.88. The average molecular weight is 265 g/mol. The van der Waals surface area contributed by atoms with Gasteiger partial charge in [-0.1, -0.05) is 18.2 Å². The van der Waals surface area contributed by atoms with E-state index in [1.165, 1.54) is 7.11 Å². The van der Waals surface area contributed by atoms with Crippen molar-refractivity contribution < 1.29 is 19.4 Å². The SMILES string of the molecule is COCC(NC1CC(Oc2ccccc2)C1)C(=O)O. The molecule has 1 unspecified atom stereocenters. The molecule has 0 bridgehead atoms. The fourth-order valence-electron chi connectivity index (χ4n) is 2.13. The Morgan fingerprint density at radius 1 is 1.42 bits per heavy atom. The van der Waals surface area contributed by atoms with Gasteiger partial charge in [0, 0.05) is 13.2 Å². The number of hydrogen-bond donors (Lipinski definition) is 2. The van der Waals surface area contributed by atoms with Crippen LogP contribution in [-0.4, -0.2) is 43.0 Å². The topological polar surface area (TPSA) is 67.8 Å². The van der Waals surface area contributed by atoms with E-state index in [4.69, 9.17) is 14.6 Å². The van der Waals surface area contributed by atoms with E-state index in [1.807, 2.05) is 30.3 Å². The third kappa shape index (κ3) is 3.94. The molecule has 19 heavy (non-hydrogen) atoms. The summed E-state index contributed by atoms with van der Waals surface area (Å²) in [6, 6.07) is 9.20. The number of methoxy groups -OCH3 is 1. The number of aliphatic carboxylic acids is 1. The highest BCUT2D eigenvalue weighted by molar-refractivity contribution is 5.73. The fraction of sp³-hybridized carbons (Fsp3) is 0.500. The maximum Gasteiger partial charge on any atom is 0.323 e. The summed E-state index contributed by atoms with van der Waals surface area (Å²) in [5.41, 5.74) is 0. The Morgan fingerprint density at radius 3 is 2.68 bits per heavy atom. The van der Waals surface area contributed by atoms with Crippen molar-refractivity contribution in [2.24, 2.45) is 0 Å². The average Bonchev–Trinajstić information content (AvgIpc) is 2.36. The molecular weight excluding hydrogens is 246 g/mol. The molecule has 0 aromatic heterocycles. The molecule has 1 fully saturated rings. The van der Waals surface area contributed by atoms with Crippen LogP contribution in [-0.2, 0) is 9.53 Å². The van der Waals surface area contributed by atoms with Crippen molar-refractivity contribution in [1.82, 2.24) is 5.32 Å². The first-order valence-corrected chi connectivity index (χ1v) is 6.38. The number of carbonyl (C=O) groups is 1. The summed E-state index contributed by atoms with van der Waals surface area (Å²) >= 11 is 0. The molecule has 0 spiro atoms. The van der Waals surface area contributed by atoms with Crippen LogP contribution in [0.25, 0.3) is 0 Å². The monoisotopic (exact) mass is 265 g/mol. The molecule has 0 amide bonds. The standard InChI is InChI=1S/C14H19NO4/c1-18-9-13(14(16)17)15-10-7-12(8-10)19-11-5-3-2-4-6-11/h2-6,10,12-13,15H,7-9H2,1H3,(H,16,17). The summed E-state index contributed by atoms with van der Waals surface area (Å²) in [6.45, 7) is 0.177. The van der Waals surface area contributed by atoms with E-state index in [-0.39, 0.29) is 18.8 Å². The van der Waals surface area contributed by atoms with Gasteiger partial charge in [-0.2, -0.15) is 0 Å². The number of benzene rings is 1. The van der Waals surface area contributed by atoms with Crippen LogP contribution in [0, 0.1) is 0 Å². The molecule has 5 nitrogen and oxygen atoms in total. The third-order valence-electron chi connectivity index (χ3n) is 3.21. The zero-order valence-electron chi connectivity index (χ0n) is 10.9. The molecule has 5 heteroatoms. The highest BCUT2D eigenvalue weighted by Gasteiger charge is 2.33. The van der Waals surface area contributed by atoms with Crippen molar-refractivity contribution in [2.75, 3.05) is 13.7 Å². The van der Waals surface area contributed by atoms with Gasteiger partial charge in [0.15, 0.2) is 0 Å². The summed E-state index contributed by atoms with van der Waals surface area (Å²) in [5, 5.41) is 12.1. The van der Waals surface area contributed by atoms with E-state index in [0.29, 0.717) is 0 Å². The quantitative estimate of drug-likeness (QED) is 0.777. The molecule has 2 rings (SSSR count). The van der Waals surface area contributed by atoms with Crippen LogP contribution in [0.1, 0.15) is 12.8 Å². The molecule has 1 atom stereocenters. The van der Waals surface area contributed by atoms with Crippen LogP contribution >= 0.6 is 0 Å². The molecule has 1 aliphatic carbocycles. The number of ether oxygens (including phenoxy) is 2. The molecule has 0 heterocycles. The maximum atomic E-state index is 11.0. The van der Waals surface area contributed by atoms with Crippen LogP contribution in [0.15, 0.2) is 30.3 Å². The molecule has 1 aromatic carbocycles. The highest BCUT2D eigenvalue weighted by atomic mass is 16.5. The van der Waals surface area contributed by atoms with E-state index < -0.39 is 12.0 Å². The van der Waals surface area contributed by atoms with Crippen molar-refractivity contribution in [3.05, 3.63) is 30.3 Å². The number of carboxylic acids is 1. The second-order valence-corrected chi connectivity index (χ2v) is 4.73. The molecule has 0 saturated heterocycles. The fourth-order valence-corrected chi connectivity index (χ4v) is 2.13. The van der Waals surface area contributed by atoms with Crippen molar-refractivity contribution in [3.8, 4) is 5.75 Å².